The first-order valence-electron chi connectivity index (χ1n) is 7.86. The van der Waals surface area contributed by atoms with Gasteiger partial charge in [0.05, 0.1) is 0 Å². The first-order valence-corrected chi connectivity index (χ1v) is 7.86. The number of carbonyl (C=O) groups is 2. The molecule has 0 unspecified atom stereocenters. The molecule has 0 bridgehead atoms. The molecule has 1 aliphatic rings. The van der Waals surface area contributed by atoms with Crippen molar-refractivity contribution in [3.05, 3.63) is 9.81 Å². The fourth-order valence-electron chi connectivity index (χ4n) is 3.19. The van der Waals surface area contributed by atoms with Crippen molar-refractivity contribution in [1.82, 2.24) is 0 Å². The largest absolute Gasteiger partial charge is 0.298 e. The van der Waals surface area contributed by atoms with E-state index >= 15 is 0 Å². The van der Waals surface area contributed by atoms with Gasteiger partial charge in [0.1, 0.15) is 5.92 Å². The minimum Gasteiger partial charge on any atom is -0.268 e. The predicted molar refractivity (Wildman–Crippen MR) is 79.3 cm³/mol. The van der Waals surface area contributed by atoms with Gasteiger partial charge in [-0.3, -0.25) is 9.59 Å². The Labute approximate surface area is 125 Å². The normalized spacial score (nSPS) is 22.0. The Balaban J connectivity index is 2.25. The van der Waals surface area contributed by atoms with Gasteiger partial charge in [0.25, 0.3) is 11.8 Å². The third-order valence-electron chi connectivity index (χ3n) is 4.67. The van der Waals surface area contributed by atoms with E-state index in [0.29, 0.717) is 6.42 Å². The summed E-state index contributed by atoms with van der Waals surface area (Å²) in [5.41, 5.74) is 0. The SMILES string of the molecule is CCC1CCC(CCCCC(C(=O)N=O)C(=O)N=O)CC1. The average Bonchev–Trinajstić information content (AvgIpc) is 2.54. The van der Waals surface area contributed by atoms with Crippen LogP contribution in [0, 0.1) is 27.6 Å². The van der Waals surface area contributed by atoms with E-state index in [9.17, 15) is 19.4 Å². The molecule has 0 spiro atoms. The lowest BCUT2D eigenvalue weighted by molar-refractivity contribution is -0.131. The molecule has 118 valence electrons. The van der Waals surface area contributed by atoms with Crippen molar-refractivity contribution >= 4 is 11.8 Å². The molecular weight excluding hydrogens is 272 g/mol. The van der Waals surface area contributed by atoms with Crippen LogP contribution >= 0.6 is 0 Å². The van der Waals surface area contributed by atoms with Crippen LogP contribution in [0.1, 0.15) is 64.7 Å². The van der Waals surface area contributed by atoms with Crippen molar-refractivity contribution in [1.29, 1.82) is 0 Å². The average molecular weight is 296 g/mol. The van der Waals surface area contributed by atoms with E-state index in [-0.39, 0.29) is 6.42 Å². The third-order valence-corrected chi connectivity index (χ3v) is 4.67. The van der Waals surface area contributed by atoms with Gasteiger partial charge in [-0.05, 0) is 18.3 Å². The highest BCUT2D eigenvalue weighted by atomic mass is 16.3. The summed E-state index contributed by atoms with van der Waals surface area (Å²) in [4.78, 5) is 42.8. The Kier molecular flexibility index (Phi) is 7.93. The van der Waals surface area contributed by atoms with Crippen molar-refractivity contribution in [2.45, 2.75) is 64.7 Å². The topological polar surface area (TPSA) is 93.0 Å². The molecule has 0 aromatic heterocycles. The van der Waals surface area contributed by atoms with Crippen LogP contribution in [0.25, 0.3) is 0 Å². The Hall–Kier alpha value is -1.46. The monoisotopic (exact) mass is 296 g/mol. The number of amides is 2. The number of hydrogen-bond acceptors (Lipinski definition) is 4. The molecule has 0 aliphatic heterocycles. The van der Waals surface area contributed by atoms with E-state index in [1.807, 2.05) is 0 Å². The van der Waals surface area contributed by atoms with Crippen LogP contribution in [0.15, 0.2) is 10.4 Å². The standard InChI is InChI=1S/C15H24N2O4/c1-2-11-7-9-12(10-8-11)5-3-4-6-13(14(18)16-20)15(19)17-21/h11-13H,2-10H2,1H3. The van der Waals surface area contributed by atoms with Crippen molar-refractivity contribution in [3.63, 3.8) is 0 Å². The number of nitrogens with zero attached hydrogens (tertiary/aromatic N) is 2. The molecule has 2 amide bonds. The summed E-state index contributed by atoms with van der Waals surface area (Å²) in [7, 11) is 0. The van der Waals surface area contributed by atoms with Crippen LogP contribution in [-0.4, -0.2) is 11.8 Å². The van der Waals surface area contributed by atoms with Gasteiger partial charge in [0, 0.05) is 10.4 Å². The van der Waals surface area contributed by atoms with Crippen molar-refractivity contribution in [3.8, 4) is 0 Å². The van der Waals surface area contributed by atoms with Crippen LogP contribution in [0.2, 0.25) is 0 Å². The molecule has 6 heteroatoms. The maximum absolute atomic E-state index is 11.2. The second-order valence-corrected chi connectivity index (χ2v) is 5.99. The van der Waals surface area contributed by atoms with Gasteiger partial charge in [-0.25, -0.2) is 0 Å². The van der Waals surface area contributed by atoms with E-state index in [4.69, 9.17) is 0 Å². The molecule has 0 radical (unpaired) electrons. The summed E-state index contributed by atoms with van der Waals surface area (Å²) in [5, 5.41) is 4.47. The van der Waals surface area contributed by atoms with E-state index in [1.54, 1.807) is 0 Å². The first kappa shape index (κ1) is 17.6. The van der Waals surface area contributed by atoms with Gasteiger partial charge >= 0.3 is 0 Å². The molecule has 0 atom stereocenters. The molecule has 1 saturated carbocycles. The van der Waals surface area contributed by atoms with Crippen molar-refractivity contribution in [2.24, 2.45) is 28.1 Å². The summed E-state index contributed by atoms with van der Waals surface area (Å²) in [6, 6.07) is 0. The van der Waals surface area contributed by atoms with Crippen LogP contribution < -0.4 is 0 Å². The molecule has 0 heterocycles. The van der Waals surface area contributed by atoms with Gasteiger partial charge in [0.15, 0.2) is 0 Å². The lowest BCUT2D eigenvalue weighted by Crippen LogP contribution is -2.20. The highest BCUT2D eigenvalue weighted by Crippen LogP contribution is 2.33. The Morgan fingerprint density at radius 3 is 1.95 bits per heavy atom. The molecule has 6 nitrogen and oxygen atoms in total. The van der Waals surface area contributed by atoms with Gasteiger partial charge in [-0.1, -0.05) is 58.3 Å². The van der Waals surface area contributed by atoms with Crippen LogP contribution in [0.4, 0.5) is 0 Å². The molecule has 0 N–H and O–H groups in total. The summed E-state index contributed by atoms with van der Waals surface area (Å²) in [6.07, 6.45) is 9.17. The lowest BCUT2D eigenvalue weighted by Gasteiger charge is -2.27. The van der Waals surface area contributed by atoms with Crippen LogP contribution in [0.5, 0.6) is 0 Å². The van der Waals surface area contributed by atoms with E-state index in [2.05, 4.69) is 17.3 Å². The summed E-state index contributed by atoms with van der Waals surface area (Å²) < 4.78 is 0. The Bertz CT molecular complexity index is 356. The second-order valence-electron chi connectivity index (χ2n) is 5.99. The molecule has 1 fully saturated rings. The second kappa shape index (κ2) is 9.47. The number of carbonyl (C=O) groups excluding carboxylic acids is 2. The highest BCUT2D eigenvalue weighted by molar-refractivity contribution is 6.00. The molecule has 0 aromatic carbocycles. The molecule has 0 saturated heterocycles. The zero-order chi connectivity index (χ0) is 15.7. The number of rotatable bonds is 8. The quantitative estimate of drug-likeness (QED) is 0.385. The highest BCUT2D eigenvalue weighted by Gasteiger charge is 2.28. The van der Waals surface area contributed by atoms with E-state index < -0.39 is 17.7 Å². The van der Waals surface area contributed by atoms with Crippen LogP contribution in [0.3, 0.4) is 0 Å². The van der Waals surface area contributed by atoms with Crippen LogP contribution in [-0.2, 0) is 9.59 Å². The predicted octanol–water partition coefficient (Wildman–Crippen LogP) is 3.97. The Morgan fingerprint density at radius 1 is 0.952 bits per heavy atom. The number of hydrogen-bond donors (Lipinski definition) is 0. The fourth-order valence-corrected chi connectivity index (χ4v) is 3.19. The van der Waals surface area contributed by atoms with Crippen molar-refractivity contribution < 1.29 is 9.59 Å². The summed E-state index contributed by atoms with van der Waals surface area (Å²) in [5.74, 6) is -1.83. The van der Waals surface area contributed by atoms with Gasteiger partial charge in [-0.2, -0.15) is 0 Å². The molecular formula is C15H24N2O4. The van der Waals surface area contributed by atoms with E-state index in [0.717, 1.165) is 24.7 Å². The summed E-state index contributed by atoms with van der Waals surface area (Å²) in [6.45, 7) is 2.24. The minimum atomic E-state index is -1.27. The Morgan fingerprint density at radius 2 is 1.48 bits per heavy atom. The zero-order valence-electron chi connectivity index (χ0n) is 12.6. The molecule has 1 rings (SSSR count). The van der Waals surface area contributed by atoms with Gasteiger partial charge in [0.2, 0.25) is 0 Å². The maximum Gasteiger partial charge on any atom is 0.298 e. The zero-order valence-corrected chi connectivity index (χ0v) is 12.6. The first-order chi connectivity index (χ1) is 10.1. The smallest absolute Gasteiger partial charge is 0.268 e. The minimum absolute atomic E-state index is 0.194. The number of unbranched alkanes of at least 4 members (excludes halogenated alkanes) is 1. The van der Waals surface area contributed by atoms with Gasteiger partial charge < -0.3 is 0 Å². The van der Waals surface area contributed by atoms with Crippen molar-refractivity contribution in [2.75, 3.05) is 0 Å². The lowest BCUT2D eigenvalue weighted by atomic mass is 9.79. The summed E-state index contributed by atoms with van der Waals surface area (Å²) >= 11 is 0. The molecule has 1 aliphatic carbocycles. The third kappa shape index (κ3) is 5.81. The molecule has 21 heavy (non-hydrogen) atoms. The van der Waals surface area contributed by atoms with E-state index in [1.165, 1.54) is 32.1 Å². The van der Waals surface area contributed by atoms with Gasteiger partial charge in [-0.15, -0.1) is 9.81 Å². The molecule has 0 aromatic rings. The fraction of sp³-hybridized carbons (Fsp3) is 0.867. The number of nitroso groups, excluding NO2 is 2. The maximum atomic E-state index is 11.2.